The summed E-state index contributed by atoms with van der Waals surface area (Å²) in [6.45, 7) is 6.43. The average molecular weight is 386 g/mol. The van der Waals surface area contributed by atoms with Crippen LogP contribution in [0.5, 0.6) is 0 Å². The van der Waals surface area contributed by atoms with E-state index in [0.717, 1.165) is 24.5 Å². The molecular weight excluding hydrogens is 362 g/mol. The number of carbonyl (C=O) groups is 2. The van der Waals surface area contributed by atoms with Gasteiger partial charge in [0, 0.05) is 37.4 Å². The highest BCUT2D eigenvalue weighted by Gasteiger charge is 2.35. The van der Waals surface area contributed by atoms with E-state index in [2.05, 4.69) is 24.1 Å². The van der Waals surface area contributed by atoms with Gasteiger partial charge in [-0.1, -0.05) is 23.7 Å². The van der Waals surface area contributed by atoms with Gasteiger partial charge in [0.05, 0.1) is 16.6 Å². The molecule has 1 fully saturated rings. The maximum absolute atomic E-state index is 12.6. The van der Waals surface area contributed by atoms with Gasteiger partial charge < -0.3 is 15.1 Å². The van der Waals surface area contributed by atoms with Gasteiger partial charge in [-0.25, -0.2) is 0 Å². The smallest absolute Gasteiger partial charge is 0.229 e. The molecule has 1 N–H and O–H groups in total. The zero-order chi connectivity index (χ0) is 19.4. The summed E-state index contributed by atoms with van der Waals surface area (Å²) in [5.41, 5.74) is 2.52. The Bertz CT molecular complexity index is 818. The Kier molecular flexibility index (Phi) is 6.01. The molecule has 1 unspecified atom stereocenters. The fourth-order valence-electron chi connectivity index (χ4n) is 3.38. The molecule has 0 aliphatic carbocycles. The fourth-order valence-corrected chi connectivity index (χ4v) is 3.61. The molecule has 2 aromatic carbocycles. The van der Waals surface area contributed by atoms with Gasteiger partial charge >= 0.3 is 0 Å². The third-order valence-corrected chi connectivity index (χ3v) is 5.22. The zero-order valence-corrected chi connectivity index (χ0v) is 16.4. The quantitative estimate of drug-likeness (QED) is 0.811. The van der Waals surface area contributed by atoms with E-state index in [9.17, 15) is 9.59 Å². The van der Waals surface area contributed by atoms with Crippen molar-refractivity contribution in [1.82, 2.24) is 0 Å². The first kappa shape index (κ1) is 19.2. The van der Waals surface area contributed by atoms with Crippen LogP contribution in [0.3, 0.4) is 0 Å². The van der Waals surface area contributed by atoms with E-state index in [4.69, 9.17) is 11.6 Å². The van der Waals surface area contributed by atoms with E-state index in [1.165, 1.54) is 0 Å². The van der Waals surface area contributed by atoms with Crippen LogP contribution in [-0.4, -0.2) is 31.4 Å². The Balaban J connectivity index is 1.65. The molecule has 6 heteroatoms. The lowest BCUT2D eigenvalue weighted by Gasteiger charge is -2.21. The first-order valence-electron chi connectivity index (χ1n) is 9.24. The molecule has 1 heterocycles. The van der Waals surface area contributed by atoms with Gasteiger partial charge in [0.25, 0.3) is 0 Å². The molecule has 0 spiro atoms. The lowest BCUT2D eigenvalue weighted by molar-refractivity contribution is -0.122. The Morgan fingerprint density at radius 2 is 1.81 bits per heavy atom. The first-order valence-corrected chi connectivity index (χ1v) is 9.62. The Morgan fingerprint density at radius 3 is 2.44 bits per heavy atom. The lowest BCUT2D eigenvalue weighted by atomic mass is 10.1. The van der Waals surface area contributed by atoms with Crippen LogP contribution in [0.4, 0.5) is 17.1 Å². The van der Waals surface area contributed by atoms with E-state index in [1.54, 1.807) is 17.0 Å². The molecule has 0 saturated carbocycles. The molecule has 2 amide bonds. The fraction of sp³-hybridized carbons (Fsp3) is 0.333. The Morgan fingerprint density at radius 1 is 1.15 bits per heavy atom. The third kappa shape index (κ3) is 4.25. The number of hydrogen-bond donors (Lipinski definition) is 1. The first-order chi connectivity index (χ1) is 13.0. The van der Waals surface area contributed by atoms with Crippen molar-refractivity contribution in [3.05, 3.63) is 53.6 Å². The van der Waals surface area contributed by atoms with Crippen LogP contribution in [0.15, 0.2) is 48.5 Å². The van der Waals surface area contributed by atoms with E-state index in [-0.39, 0.29) is 18.2 Å². The van der Waals surface area contributed by atoms with Crippen molar-refractivity contribution in [2.24, 2.45) is 5.92 Å². The molecule has 1 atom stereocenters. The summed E-state index contributed by atoms with van der Waals surface area (Å²) >= 11 is 6.19. The molecule has 1 saturated heterocycles. The molecule has 5 nitrogen and oxygen atoms in total. The molecule has 0 aromatic heterocycles. The van der Waals surface area contributed by atoms with Gasteiger partial charge in [-0.2, -0.15) is 0 Å². The van der Waals surface area contributed by atoms with Gasteiger partial charge in [-0.15, -0.1) is 0 Å². The number of halogens is 1. The van der Waals surface area contributed by atoms with Gasteiger partial charge in [0.15, 0.2) is 0 Å². The molecule has 27 heavy (non-hydrogen) atoms. The number of nitrogens with zero attached hydrogens (tertiary/aromatic N) is 2. The van der Waals surface area contributed by atoms with E-state index in [1.807, 2.05) is 36.4 Å². The van der Waals surface area contributed by atoms with Crippen molar-refractivity contribution >= 4 is 40.5 Å². The summed E-state index contributed by atoms with van der Waals surface area (Å²) in [6.07, 6.45) is 0.189. The third-order valence-electron chi connectivity index (χ3n) is 4.90. The molecule has 142 valence electrons. The van der Waals surface area contributed by atoms with E-state index < -0.39 is 5.92 Å². The second-order valence-electron chi connectivity index (χ2n) is 6.57. The number of hydrogen-bond acceptors (Lipinski definition) is 3. The van der Waals surface area contributed by atoms with Crippen LogP contribution >= 0.6 is 11.6 Å². The molecule has 1 aliphatic heterocycles. The van der Waals surface area contributed by atoms with Crippen molar-refractivity contribution in [2.75, 3.05) is 34.8 Å². The maximum Gasteiger partial charge on any atom is 0.229 e. The van der Waals surface area contributed by atoms with Crippen LogP contribution in [-0.2, 0) is 9.59 Å². The van der Waals surface area contributed by atoms with Gasteiger partial charge in [-0.05, 0) is 50.2 Å². The van der Waals surface area contributed by atoms with Crippen molar-refractivity contribution in [2.45, 2.75) is 20.3 Å². The second-order valence-corrected chi connectivity index (χ2v) is 6.97. The Hall–Kier alpha value is -2.53. The number of para-hydroxylation sites is 1. The molecule has 0 bridgehead atoms. The van der Waals surface area contributed by atoms with Gasteiger partial charge in [0.1, 0.15) is 0 Å². The lowest BCUT2D eigenvalue weighted by Crippen LogP contribution is -2.28. The van der Waals surface area contributed by atoms with Crippen molar-refractivity contribution in [3.63, 3.8) is 0 Å². The summed E-state index contributed by atoms with van der Waals surface area (Å²) < 4.78 is 0. The summed E-state index contributed by atoms with van der Waals surface area (Å²) in [6, 6.07) is 15.0. The van der Waals surface area contributed by atoms with Gasteiger partial charge in [-0.3, -0.25) is 9.59 Å². The van der Waals surface area contributed by atoms with Crippen LogP contribution < -0.4 is 15.1 Å². The molecule has 2 aromatic rings. The minimum Gasteiger partial charge on any atom is -0.372 e. The van der Waals surface area contributed by atoms with E-state index in [0.29, 0.717) is 17.3 Å². The standard InChI is InChI=1S/C21H24ClN3O2/c1-3-24(4-2)17-11-9-16(10-12-17)23-21(27)15-13-20(26)25(14-15)19-8-6-5-7-18(19)22/h5-12,15H,3-4,13-14H2,1-2H3,(H,23,27). The summed E-state index contributed by atoms with van der Waals surface area (Å²) in [5.74, 6) is -0.621. The largest absolute Gasteiger partial charge is 0.372 e. The number of benzene rings is 2. The number of amides is 2. The predicted molar refractivity (Wildman–Crippen MR) is 111 cm³/mol. The SMILES string of the molecule is CCN(CC)c1ccc(NC(=O)C2CC(=O)N(c3ccccc3Cl)C2)cc1. The predicted octanol–water partition coefficient (Wildman–Crippen LogP) is 4.18. The highest BCUT2D eigenvalue weighted by Crippen LogP contribution is 2.31. The van der Waals surface area contributed by atoms with Gasteiger partial charge in [0.2, 0.25) is 11.8 Å². The van der Waals surface area contributed by atoms with Crippen LogP contribution in [0.1, 0.15) is 20.3 Å². The second kappa shape index (κ2) is 8.44. The van der Waals surface area contributed by atoms with Crippen LogP contribution in [0, 0.1) is 5.92 Å². The van der Waals surface area contributed by atoms with Crippen molar-refractivity contribution in [1.29, 1.82) is 0 Å². The number of nitrogens with one attached hydrogen (secondary N) is 1. The van der Waals surface area contributed by atoms with Crippen molar-refractivity contribution < 1.29 is 9.59 Å². The summed E-state index contributed by atoms with van der Waals surface area (Å²) in [5, 5.41) is 3.44. The topological polar surface area (TPSA) is 52.7 Å². The van der Waals surface area contributed by atoms with Crippen LogP contribution in [0.2, 0.25) is 5.02 Å². The monoisotopic (exact) mass is 385 g/mol. The maximum atomic E-state index is 12.6. The highest BCUT2D eigenvalue weighted by atomic mass is 35.5. The summed E-state index contributed by atoms with van der Waals surface area (Å²) in [4.78, 5) is 28.8. The summed E-state index contributed by atoms with van der Waals surface area (Å²) in [7, 11) is 0. The molecule has 0 radical (unpaired) electrons. The minimum absolute atomic E-state index is 0.0832. The van der Waals surface area contributed by atoms with Crippen molar-refractivity contribution in [3.8, 4) is 0 Å². The minimum atomic E-state index is -0.392. The van der Waals surface area contributed by atoms with E-state index >= 15 is 0 Å². The normalized spacial score (nSPS) is 16.5. The molecule has 3 rings (SSSR count). The van der Waals surface area contributed by atoms with Crippen LogP contribution in [0.25, 0.3) is 0 Å². The Labute approximate surface area is 164 Å². The zero-order valence-electron chi connectivity index (χ0n) is 15.6. The number of carbonyl (C=O) groups excluding carboxylic acids is 2. The average Bonchev–Trinajstić information content (AvgIpc) is 3.06. The number of rotatable bonds is 6. The molecule has 1 aliphatic rings. The highest BCUT2D eigenvalue weighted by molar-refractivity contribution is 6.33. The number of anilines is 3. The molecular formula is C21H24ClN3O2.